The molecule has 0 spiro atoms. The summed E-state index contributed by atoms with van der Waals surface area (Å²) in [5.74, 6) is -0.737. The van der Waals surface area contributed by atoms with Gasteiger partial charge in [0, 0.05) is 11.6 Å². The number of hydrogen-bond donors (Lipinski definition) is 1. The van der Waals surface area contributed by atoms with E-state index in [-0.39, 0.29) is 46.0 Å². The molecule has 1 aliphatic carbocycles. The number of carbonyl (C=O) groups is 1. The van der Waals surface area contributed by atoms with Crippen LogP contribution in [-0.4, -0.2) is 43.9 Å². The molecule has 0 atom stereocenters. The predicted molar refractivity (Wildman–Crippen MR) is 154 cm³/mol. The summed E-state index contributed by atoms with van der Waals surface area (Å²) in [5, 5.41) is 17.0. The first-order chi connectivity index (χ1) is 20.8. The van der Waals surface area contributed by atoms with Crippen molar-refractivity contribution in [3.05, 3.63) is 88.5 Å². The molecule has 0 radical (unpaired) electrons. The van der Waals surface area contributed by atoms with Crippen molar-refractivity contribution in [2.24, 2.45) is 0 Å². The Labute approximate surface area is 244 Å². The molecule has 2 N–H and O–H groups in total. The second-order valence-corrected chi connectivity index (χ2v) is 9.89. The van der Waals surface area contributed by atoms with Crippen molar-refractivity contribution in [1.82, 2.24) is 19.7 Å². The number of esters is 1. The van der Waals surface area contributed by atoms with Crippen LogP contribution in [0.1, 0.15) is 36.0 Å². The molecule has 1 fully saturated rings. The number of hydrogen-bond acceptors (Lipinski definition) is 10. The average molecular weight is 585 g/mol. The zero-order valence-electron chi connectivity index (χ0n) is 22.9. The van der Waals surface area contributed by atoms with Crippen LogP contribution in [0.5, 0.6) is 17.2 Å². The second kappa shape index (κ2) is 11.4. The van der Waals surface area contributed by atoms with Crippen LogP contribution >= 0.6 is 0 Å². The second-order valence-electron chi connectivity index (χ2n) is 9.89. The fourth-order valence-corrected chi connectivity index (χ4v) is 5.08. The van der Waals surface area contributed by atoms with Crippen molar-refractivity contribution in [2.75, 3.05) is 12.8 Å². The Morgan fingerprint density at radius 1 is 1.07 bits per heavy atom. The van der Waals surface area contributed by atoms with Gasteiger partial charge < -0.3 is 19.9 Å². The molecule has 2 aromatic heterocycles. The normalized spacial score (nSPS) is 13.3. The minimum Gasteiger partial charge on any atom is -0.494 e. The molecule has 2 heterocycles. The van der Waals surface area contributed by atoms with E-state index < -0.39 is 16.7 Å². The van der Waals surface area contributed by atoms with E-state index in [0.717, 1.165) is 25.7 Å². The van der Waals surface area contributed by atoms with Gasteiger partial charge in [0.05, 0.1) is 23.0 Å². The Morgan fingerprint density at radius 3 is 2.53 bits per heavy atom. The number of nitro groups is 1. The smallest absolute Gasteiger partial charge is 0.338 e. The summed E-state index contributed by atoms with van der Waals surface area (Å²) >= 11 is 0. The number of nitro benzene ring substituents is 1. The van der Waals surface area contributed by atoms with Gasteiger partial charge in [-0.1, -0.05) is 6.07 Å². The summed E-state index contributed by atoms with van der Waals surface area (Å²) in [4.78, 5) is 32.8. The highest BCUT2D eigenvalue weighted by Crippen LogP contribution is 2.36. The van der Waals surface area contributed by atoms with Gasteiger partial charge in [0.2, 0.25) is 5.82 Å². The van der Waals surface area contributed by atoms with Gasteiger partial charge in [0.1, 0.15) is 35.4 Å². The van der Waals surface area contributed by atoms with Crippen molar-refractivity contribution in [1.29, 1.82) is 0 Å². The summed E-state index contributed by atoms with van der Waals surface area (Å²) in [7, 11) is 1.36. The van der Waals surface area contributed by atoms with Crippen LogP contribution in [0.3, 0.4) is 0 Å². The van der Waals surface area contributed by atoms with Crippen molar-refractivity contribution in [3.8, 4) is 34.2 Å². The van der Waals surface area contributed by atoms with Crippen LogP contribution in [0.2, 0.25) is 0 Å². The summed E-state index contributed by atoms with van der Waals surface area (Å²) in [6.45, 7) is 0. The maximum absolute atomic E-state index is 14.6. The van der Waals surface area contributed by atoms with Crippen LogP contribution in [-0.2, 0) is 4.74 Å². The molecule has 0 aliphatic heterocycles. The minimum atomic E-state index is -0.639. The minimum absolute atomic E-state index is 0.00803. The van der Waals surface area contributed by atoms with Crippen LogP contribution < -0.4 is 15.2 Å². The van der Waals surface area contributed by atoms with Crippen LogP contribution in [0.4, 0.5) is 15.9 Å². The molecule has 43 heavy (non-hydrogen) atoms. The van der Waals surface area contributed by atoms with E-state index in [1.807, 2.05) is 0 Å². The maximum atomic E-state index is 14.6. The highest BCUT2D eigenvalue weighted by molar-refractivity contribution is 5.99. The van der Waals surface area contributed by atoms with E-state index in [0.29, 0.717) is 22.4 Å². The monoisotopic (exact) mass is 584 g/mol. The number of benzene rings is 3. The molecule has 12 nitrogen and oxygen atoms in total. The number of aromatic nitrogens is 4. The molecule has 0 unspecified atom stereocenters. The molecular formula is C30H25FN6O6. The van der Waals surface area contributed by atoms with E-state index >= 15 is 0 Å². The number of carbonyl (C=O) groups excluding carboxylic acids is 1. The fourth-order valence-electron chi connectivity index (χ4n) is 5.08. The summed E-state index contributed by atoms with van der Waals surface area (Å²) < 4.78 is 32.2. The van der Waals surface area contributed by atoms with Gasteiger partial charge in [-0.15, -0.1) is 0 Å². The first-order valence-electron chi connectivity index (χ1n) is 13.4. The third kappa shape index (κ3) is 5.27. The number of nitrogens with two attached hydrogens (primary N) is 1. The molecule has 5 aromatic rings. The lowest BCUT2D eigenvalue weighted by atomic mass is 10.1. The average Bonchev–Trinajstić information content (AvgIpc) is 3.67. The lowest BCUT2D eigenvalue weighted by molar-refractivity contribution is -0.384. The highest BCUT2D eigenvalue weighted by atomic mass is 19.1. The lowest BCUT2D eigenvalue weighted by Gasteiger charge is -2.12. The third-order valence-electron chi connectivity index (χ3n) is 7.21. The SMILES string of the molecule is COc1cccc(Oc2ccc(-c3nn(-c4cc(C(=O)OC5CCCC5)ccc4[N+](=O)[O-])c4ncnc(N)c34)cc2)c1F. The van der Waals surface area contributed by atoms with Gasteiger partial charge in [0.15, 0.2) is 17.1 Å². The topological polar surface area (TPSA) is 158 Å². The number of ether oxygens (including phenoxy) is 3. The Bertz CT molecular complexity index is 1850. The van der Waals surface area contributed by atoms with E-state index in [4.69, 9.17) is 19.9 Å². The quantitative estimate of drug-likeness (QED) is 0.130. The van der Waals surface area contributed by atoms with Gasteiger partial charge >= 0.3 is 5.97 Å². The largest absolute Gasteiger partial charge is 0.494 e. The molecule has 13 heteroatoms. The van der Waals surface area contributed by atoms with Crippen molar-refractivity contribution < 1.29 is 28.3 Å². The summed E-state index contributed by atoms with van der Waals surface area (Å²) in [5.41, 5.74) is 7.19. The van der Waals surface area contributed by atoms with Gasteiger partial charge in [-0.25, -0.2) is 19.4 Å². The number of nitrogen functional groups attached to an aromatic ring is 1. The van der Waals surface area contributed by atoms with Crippen molar-refractivity contribution in [3.63, 3.8) is 0 Å². The van der Waals surface area contributed by atoms with Crippen LogP contribution in [0.25, 0.3) is 28.0 Å². The molecule has 0 amide bonds. The third-order valence-corrected chi connectivity index (χ3v) is 7.21. The van der Waals surface area contributed by atoms with Crippen LogP contribution in [0.15, 0.2) is 67.0 Å². The van der Waals surface area contributed by atoms with E-state index in [1.165, 1.54) is 48.5 Å². The Morgan fingerprint density at radius 2 is 1.81 bits per heavy atom. The maximum Gasteiger partial charge on any atom is 0.338 e. The lowest BCUT2D eigenvalue weighted by Crippen LogP contribution is -2.15. The van der Waals surface area contributed by atoms with Gasteiger partial charge in [-0.2, -0.15) is 9.49 Å². The number of fused-ring (bicyclic) bond motifs is 1. The van der Waals surface area contributed by atoms with E-state index in [1.54, 1.807) is 30.3 Å². The Kier molecular flexibility index (Phi) is 7.28. The molecule has 6 rings (SSSR count). The summed E-state index contributed by atoms with van der Waals surface area (Å²) in [6.07, 6.45) is 4.59. The molecule has 1 aliphatic rings. The zero-order chi connectivity index (χ0) is 30.1. The molecule has 0 bridgehead atoms. The Hall–Kier alpha value is -5.59. The standard InChI is InChI=1S/C30H25FN6O6/c1-41-23-7-4-8-24(26(23)31)42-20-12-9-17(10-13-20)27-25-28(32)33-16-34-29(25)36(35-27)22-15-18(11-14-21(22)37(39)40)30(38)43-19-5-2-3-6-19/h4,7-16,19H,2-3,5-6H2,1H3,(H2,32,33,34). The van der Waals surface area contributed by atoms with Gasteiger partial charge in [-0.3, -0.25) is 10.1 Å². The van der Waals surface area contributed by atoms with E-state index in [2.05, 4.69) is 15.1 Å². The van der Waals surface area contributed by atoms with Gasteiger partial charge in [0.25, 0.3) is 5.69 Å². The first-order valence-corrected chi connectivity index (χ1v) is 13.4. The number of anilines is 1. The van der Waals surface area contributed by atoms with Crippen LogP contribution in [0, 0.1) is 15.9 Å². The summed E-state index contributed by atoms with van der Waals surface area (Å²) in [6, 6.07) is 15.1. The number of methoxy groups -OCH3 is 1. The molecule has 0 saturated heterocycles. The van der Waals surface area contributed by atoms with Crippen molar-refractivity contribution in [2.45, 2.75) is 31.8 Å². The number of nitrogens with zero attached hydrogens (tertiary/aromatic N) is 5. The van der Waals surface area contributed by atoms with Gasteiger partial charge in [-0.05, 0) is 74.2 Å². The molecule has 3 aromatic carbocycles. The predicted octanol–water partition coefficient (Wildman–Crippen LogP) is 6.01. The number of rotatable bonds is 8. The fraction of sp³-hybridized carbons (Fsp3) is 0.200. The zero-order valence-corrected chi connectivity index (χ0v) is 22.9. The van der Waals surface area contributed by atoms with Crippen molar-refractivity contribution >= 4 is 28.5 Å². The first kappa shape index (κ1) is 27.6. The highest BCUT2D eigenvalue weighted by Gasteiger charge is 2.26. The molecular weight excluding hydrogens is 559 g/mol. The molecule has 1 saturated carbocycles. The van der Waals surface area contributed by atoms with E-state index in [9.17, 15) is 19.3 Å². The molecule has 218 valence electrons. The Balaban J connectivity index is 1.40. The number of halogens is 1.